The van der Waals surface area contributed by atoms with Gasteiger partial charge < -0.3 is 25.8 Å². The highest BCUT2D eigenvalue weighted by atomic mass is 32.1. The van der Waals surface area contributed by atoms with Crippen LogP contribution in [-0.2, 0) is 11.3 Å². The van der Waals surface area contributed by atoms with E-state index in [0.29, 0.717) is 22.3 Å². The zero-order valence-electron chi connectivity index (χ0n) is 15.3. The lowest BCUT2D eigenvalue weighted by Crippen LogP contribution is -2.40. The van der Waals surface area contributed by atoms with E-state index in [2.05, 4.69) is 15.6 Å². The Morgan fingerprint density at radius 1 is 1.18 bits per heavy atom. The SMILES string of the molecule is Nc1ncc(C(=O)NC2CCC(C(=O)NCc3ccc4c(c3)OCO4)CC2)s1. The topological polar surface area (TPSA) is 116 Å². The van der Waals surface area contributed by atoms with Gasteiger partial charge >= 0.3 is 0 Å². The molecule has 0 unspecified atom stereocenters. The van der Waals surface area contributed by atoms with Gasteiger partial charge in [0.15, 0.2) is 16.6 Å². The number of carbonyl (C=O) groups is 2. The molecule has 4 N–H and O–H groups in total. The van der Waals surface area contributed by atoms with Crippen LogP contribution < -0.4 is 25.8 Å². The van der Waals surface area contributed by atoms with Gasteiger partial charge in [-0.1, -0.05) is 17.4 Å². The van der Waals surface area contributed by atoms with Gasteiger partial charge in [0.1, 0.15) is 4.88 Å². The minimum absolute atomic E-state index is 0.0267. The summed E-state index contributed by atoms with van der Waals surface area (Å²) in [5, 5.41) is 6.39. The number of ether oxygens (including phenoxy) is 2. The number of hydrogen-bond donors (Lipinski definition) is 3. The fourth-order valence-corrected chi connectivity index (χ4v) is 4.12. The van der Waals surface area contributed by atoms with E-state index in [1.807, 2.05) is 18.2 Å². The predicted octanol–water partition coefficient (Wildman–Crippen LogP) is 2.06. The van der Waals surface area contributed by atoms with E-state index in [0.717, 1.165) is 37.0 Å². The fraction of sp³-hybridized carbons (Fsp3) is 0.421. The van der Waals surface area contributed by atoms with Crippen LogP contribution in [0, 0.1) is 5.92 Å². The third-order valence-corrected chi connectivity index (χ3v) is 5.91. The maximum absolute atomic E-state index is 12.5. The summed E-state index contributed by atoms with van der Waals surface area (Å²) >= 11 is 1.18. The Labute approximate surface area is 166 Å². The van der Waals surface area contributed by atoms with E-state index in [1.54, 1.807) is 0 Å². The van der Waals surface area contributed by atoms with Crippen molar-refractivity contribution >= 4 is 28.3 Å². The fourth-order valence-electron chi connectivity index (χ4n) is 3.53. The third kappa shape index (κ3) is 4.19. The number of thiazole rings is 1. The van der Waals surface area contributed by atoms with Crippen molar-refractivity contribution in [3.63, 3.8) is 0 Å². The summed E-state index contributed by atoms with van der Waals surface area (Å²) in [4.78, 5) is 29.1. The maximum Gasteiger partial charge on any atom is 0.263 e. The molecule has 0 bridgehead atoms. The number of aromatic nitrogens is 1. The normalized spacial score (nSPS) is 20.6. The Kier molecular flexibility index (Phi) is 5.34. The average molecular weight is 402 g/mol. The summed E-state index contributed by atoms with van der Waals surface area (Å²) in [6, 6.07) is 5.75. The maximum atomic E-state index is 12.5. The van der Waals surface area contributed by atoms with Crippen LogP contribution >= 0.6 is 11.3 Å². The van der Waals surface area contributed by atoms with Crippen molar-refractivity contribution in [2.24, 2.45) is 5.92 Å². The molecule has 2 heterocycles. The second kappa shape index (κ2) is 8.05. The number of amides is 2. The Balaban J connectivity index is 1.22. The first-order chi connectivity index (χ1) is 13.6. The Bertz CT molecular complexity index is 877. The van der Waals surface area contributed by atoms with E-state index < -0.39 is 0 Å². The molecule has 0 saturated heterocycles. The lowest BCUT2D eigenvalue weighted by Gasteiger charge is -2.28. The number of nitrogens with two attached hydrogens (primary N) is 1. The number of nitrogen functional groups attached to an aromatic ring is 1. The number of nitrogens with one attached hydrogen (secondary N) is 2. The van der Waals surface area contributed by atoms with E-state index in [9.17, 15) is 9.59 Å². The lowest BCUT2D eigenvalue weighted by atomic mass is 9.85. The van der Waals surface area contributed by atoms with Crippen molar-refractivity contribution in [3.05, 3.63) is 34.8 Å². The standard InChI is InChI=1S/C19H22N4O4S/c20-19-22-9-16(28-19)18(25)23-13-4-2-12(3-5-13)17(24)21-8-11-1-6-14-15(7-11)27-10-26-14/h1,6-7,9,12-13H,2-5,8,10H2,(H2,20,22)(H,21,24)(H,23,25). The Morgan fingerprint density at radius 3 is 2.71 bits per heavy atom. The molecule has 2 aliphatic rings. The highest BCUT2D eigenvalue weighted by Gasteiger charge is 2.27. The van der Waals surface area contributed by atoms with Gasteiger partial charge in [0.2, 0.25) is 12.7 Å². The number of hydrogen-bond acceptors (Lipinski definition) is 7. The number of fused-ring (bicyclic) bond motifs is 1. The lowest BCUT2D eigenvalue weighted by molar-refractivity contribution is -0.126. The number of benzene rings is 1. The van der Waals surface area contributed by atoms with Crippen molar-refractivity contribution < 1.29 is 19.1 Å². The van der Waals surface area contributed by atoms with Gasteiger partial charge in [0.25, 0.3) is 5.91 Å². The van der Waals surface area contributed by atoms with Crippen molar-refractivity contribution in [2.75, 3.05) is 12.5 Å². The van der Waals surface area contributed by atoms with Gasteiger partial charge in [-0.25, -0.2) is 4.98 Å². The zero-order valence-corrected chi connectivity index (χ0v) is 16.1. The second-order valence-corrected chi connectivity index (χ2v) is 8.05. The molecule has 4 rings (SSSR count). The van der Waals surface area contributed by atoms with E-state index in [4.69, 9.17) is 15.2 Å². The second-order valence-electron chi connectivity index (χ2n) is 6.99. The molecule has 1 fully saturated rings. The van der Waals surface area contributed by atoms with Gasteiger partial charge in [-0.15, -0.1) is 0 Å². The molecule has 2 aromatic rings. The van der Waals surface area contributed by atoms with Gasteiger partial charge in [0.05, 0.1) is 6.20 Å². The largest absolute Gasteiger partial charge is 0.454 e. The van der Waals surface area contributed by atoms with Crippen LogP contribution in [-0.4, -0.2) is 29.6 Å². The minimum Gasteiger partial charge on any atom is -0.454 e. The smallest absolute Gasteiger partial charge is 0.263 e. The molecule has 9 heteroatoms. The summed E-state index contributed by atoms with van der Waals surface area (Å²) in [7, 11) is 0. The molecule has 8 nitrogen and oxygen atoms in total. The first-order valence-electron chi connectivity index (χ1n) is 9.27. The Hall–Kier alpha value is -2.81. The average Bonchev–Trinajstić information content (AvgIpc) is 3.35. The van der Waals surface area contributed by atoms with Gasteiger partial charge in [-0.2, -0.15) is 0 Å². The summed E-state index contributed by atoms with van der Waals surface area (Å²) in [5.74, 6) is 1.32. The van der Waals surface area contributed by atoms with Crippen LogP contribution in [0.1, 0.15) is 40.9 Å². The van der Waals surface area contributed by atoms with Crippen LogP contribution in [0.25, 0.3) is 0 Å². The molecular weight excluding hydrogens is 380 g/mol. The highest BCUT2D eigenvalue weighted by Crippen LogP contribution is 2.32. The monoisotopic (exact) mass is 402 g/mol. The molecule has 1 aromatic heterocycles. The third-order valence-electron chi connectivity index (χ3n) is 5.08. The van der Waals surface area contributed by atoms with E-state index in [-0.39, 0.29) is 30.6 Å². The van der Waals surface area contributed by atoms with Crippen molar-refractivity contribution in [1.82, 2.24) is 15.6 Å². The Morgan fingerprint density at radius 2 is 1.96 bits per heavy atom. The first kappa shape index (κ1) is 18.5. The molecule has 0 atom stereocenters. The van der Waals surface area contributed by atoms with Crippen LogP contribution in [0.15, 0.2) is 24.4 Å². The molecule has 0 spiro atoms. The molecule has 0 radical (unpaired) electrons. The van der Waals surface area contributed by atoms with Gasteiger partial charge in [-0.05, 0) is 43.4 Å². The summed E-state index contributed by atoms with van der Waals surface area (Å²) in [6.07, 6.45) is 4.56. The molecule has 148 valence electrons. The predicted molar refractivity (Wildman–Crippen MR) is 104 cm³/mol. The zero-order chi connectivity index (χ0) is 19.5. The quantitative estimate of drug-likeness (QED) is 0.705. The van der Waals surface area contributed by atoms with E-state index >= 15 is 0 Å². The van der Waals surface area contributed by atoms with Crippen molar-refractivity contribution in [3.8, 4) is 11.5 Å². The number of nitrogens with zero attached hydrogens (tertiary/aromatic N) is 1. The summed E-state index contributed by atoms with van der Waals surface area (Å²) < 4.78 is 10.7. The molecule has 28 heavy (non-hydrogen) atoms. The highest BCUT2D eigenvalue weighted by molar-refractivity contribution is 7.17. The minimum atomic E-state index is -0.148. The van der Waals surface area contributed by atoms with Crippen molar-refractivity contribution in [1.29, 1.82) is 0 Å². The number of anilines is 1. The van der Waals surface area contributed by atoms with Gasteiger partial charge in [-0.3, -0.25) is 9.59 Å². The molecular formula is C19H22N4O4S. The summed E-state index contributed by atoms with van der Waals surface area (Å²) in [5.41, 5.74) is 6.54. The van der Waals surface area contributed by atoms with Crippen LogP contribution in [0.2, 0.25) is 0 Å². The van der Waals surface area contributed by atoms with E-state index in [1.165, 1.54) is 17.5 Å². The molecule has 1 aliphatic heterocycles. The number of carbonyl (C=O) groups excluding carboxylic acids is 2. The van der Waals surface area contributed by atoms with Crippen molar-refractivity contribution in [2.45, 2.75) is 38.3 Å². The molecule has 1 saturated carbocycles. The number of rotatable bonds is 5. The van der Waals surface area contributed by atoms with Crippen LogP contribution in [0.5, 0.6) is 11.5 Å². The van der Waals surface area contributed by atoms with Gasteiger partial charge in [0, 0.05) is 18.5 Å². The molecule has 1 aliphatic carbocycles. The first-order valence-corrected chi connectivity index (χ1v) is 10.1. The molecule has 1 aromatic carbocycles. The van der Waals surface area contributed by atoms with Crippen LogP contribution in [0.3, 0.4) is 0 Å². The van der Waals surface area contributed by atoms with Crippen LogP contribution in [0.4, 0.5) is 5.13 Å². The summed E-state index contributed by atoms with van der Waals surface area (Å²) in [6.45, 7) is 0.695. The molecule has 2 amide bonds.